The third-order valence-electron chi connectivity index (χ3n) is 4.36. The molecular weight excluding hydrogens is 346 g/mol. The summed E-state index contributed by atoms with van der Waals surface area (Å²) in [4.78, 5) is 15.6. The molecule has 4 aromatic rings. The van der Waals surface area contributed by atoms with Crippen LogP contribution in [0, 0.1) is 11.6 Å². The standard InChI is InChI=1S/C22H16F2N2O/c23-17-8-4-5-14(9-17)13-25-22(27)20-11-16-10-18(24)12-19(21(16)26-20)15-6-2-1-3-7-15/h1-12,26H,13H2,(H,25,27). The fourth-order valence-electron chi connectivity index (χ4n) is 3.10. The molecule has 0 fully saturated rings. The summed E-state index contributed by atoms with van der Waals surface area (Å²) in [5.74, 6) is -1.06. The lowest BCUT2D eigenvalue weighted by molar-refractivity contribution is 0.0946. The molecule has 0 saturated carbocycles. The monoisotopic (exact) mass is 362 g/mol. The lowest BCUT2D eigenvalue weighted by Crippen LogP contribution is -2.23. The van der Waals surface area contributed by atoms with Crippen LogP contribution in [0.5, 0.6) is 0 Å². The van der Waals surface area contributed by atoms with Crippen LogP contribution in [0.15, 0.2) is 72.8 Å². The highest BCUT2D eigenvalue weighted by atomic mass is 19.1. The van der Waals surface area contributed by atoms with E-state index in [1.807, 2.05) is 30.3 Å². The number of hydrogen-bond donors (Lipinski definition) is 2. The minimum Gasteiger partial charge on any atom is -0.350 e. The fraction of sp³-hybridized carbons (Fsp3) is 0.0455. The molecule has 0 bridgehead atoms. The first kappa shape index (κ1) is 17.0. The molecule has 1 heterocycles. The van der Waals surface area contributed by atoms with Gasteiger partial charge in [-0.05, 0) is 41.5 Å². The van der Waals surface area contributed by atoms with Crippen molar-refractivity contribution in [2.45, 2.75) is 6.54 Å². The molecule has 0 aliphatic rings. The summed E-state index contributed by atoms with van der Waals surface area (Å²) < 4.78 is 27.3. The molecule has 0 saturated heterocycles. The summed E-state index contributed by atoms with van der Waals surface area (Å²) in [7, 11) is 0. The summed E-state index contributed by atoms with van der Waals surface area (Å²) >= 11 is 0. The van der Waals surface area contributed by atoms with Crippen LogP contribution >= 0.6 is 0 Å². The van der Waals surface area contributed by atoms with Crippen LogP contribution in [0.2, 0.25) is 0 Å². The van der Waals surface area contributed by atoms with Gasteiger partial charge in [0.05, 0.1) is 5.52 Å². The molecule has 0 atom stereocenters. The Morgan fingerprint density at radius 1 is 0.889 bits per heavy atom. The number of fused-ring (bicyclic) bond motifs is 1. The van der Waals surface area contributed by atoms with Gasteiger partial charge in [0, 0.05) is 17.5 Å². The van der Waals surface area contributed by atoms with Gasteiger partial charge in [-0.2, -0.15) is 0 Å². The average Bonchev–Trinajstić information content (AvgIpc) is 3.10. The van der Waals surface area contributed by atoms with E-state index >= 15 is 0 Å². The van der Waals surface area contributed by atoms with Crippen LogP contribution in [-0.2, 0) is 6.54 Å². The zero-order chi connectivity index (χ0) is 18.8. The van der Waals surface area contributed by atoms with Crippen LogP contribution < -0.4 is 5.32 Å². The second-order valence-corrected chi connectivity index (χ2v) is 6.28. The number of rotatable bonds is 4. The van der Waals surface area contributed by atoms with Crippen molar-refractivity contribution in [3.05, 3.63) is 95.7 Å². The molecule has 3 nitrogen and oxygen atoms in total. The number of aromatic nitrogens is 1. The molecule has 1 amide bonds. The van der Waals surface area contributed by atoms with E-state index in [4.69, 9.17) is 0 Å². The minimum absolute atomic E-state index is 0.200. The number of benzene rings is 3. The molecule has 0 radical (unpaired) electrons. The third kappa shape index (κ3) is 3.58. The summed E-state index contributed by atoms with van der Waals surface area (Å²) in [6.45, 7) is 0.200. The van der Waals surface area contributed by atoms with E-state index < -0.39 is 0 Å². The minimum atomic E-state index is -0.368. The van der Waals surface area contributed by atoms with Crippen molar-refractivity contribution < 1.29 is 13.6 Å². The molecule has 0 aliphatic heterocycles. The molecule has 134 valence electrons. The zero-order valence-corrected chi connectivity index (χ0v) is 14.3. The van der Waals surface area contributed by atoms with E-state index in [2.05, 4.69) is 10.3 Å². The molecule has 1 aromatic heterocycles. The van der Waals surface area contributed by atoms with Crippen molar-refractivity contribution in [3.8, 4) is 11.1 Å². The van der Waals surface area contributed by atoms with Gasteiger partial charge < -0.3 is 10.3 Å². The second-order valence-electron chi connectivity index (χ2n) is 6.28. The summed E-state index contributed by atoms with van der Waals surface area (Å²) in [6, 6.07) is 19.9. The number of aromatic amines is 1. The number of halogens is 2. The lowest BCUT2D eigenvalue weighted by Gasteiger charge is -2.05. The molecule has 27 heavy (non-hydrogen) atoms. The second kappa shape index (κ2) is 7.03. The predicted molar refractivity (Wildman–Crippen MR) is 101 cm³/mol. The number of amides is 1. The van der Waals surface area contributed by atoms with E-state index in [1.165, 1.54) is 24.3 Å². The van der Waals surface area contributed by atoms with Crippen LogP contribution in [0.1, 0.15) is 16.1 Å². The van der Waals surface area contributed by atoms with Crippen LogP contribution in [0.25, 0.3) is 22.0 Å². The van der Waals surface area contributed by atoms with Crippen LogP contribution in [0.3, 0.4) is 0 Å². The Kier molecular flexibility index (Phi) is 4.42. The van der Waals surface area contributed by atoms with E-state index in [-0.39, 0.29) is 24.1 Å². The Morgan fingerprint density at radius 2 is 1.70 bits per heavy atom. The van der Waals surface area contributed by atoms with E-state index in [0.717, 1.165) is 5.56 Å². The molecule has 0 unspecified atom stereocenters. The van der Waals surface area contributed by atoms with Gasteiger partial charge in [-0.25, -0.2) is 8.78 Å². The van der Waals surface area contributed by atoms with Gasteiger partial charge in [-0.1, -0.05) is 42.5 Å². The van der Waals surface area contributed by atoms with Crippen LogP contribution in [-0.4, -0.2) is 10.9 Å². The summed E-state index contributed by atoms with van der Waals surface area (Å²) in [5.41, 5.74) is 3.23. The van der Waals surface area contributed by atoms with Gasteiger partial charge in [0.15, 0.2) is 0 Å². The fourth-order valence-corrected chi connectivity index (χ4v) is 3.10. The third-order valence-corrected chi connectivity index (χ3v) is 4.36. The van der Waals surface area contributed by atoms with Gasteiger partial charge in [0.2, 0.25) is 0 Å². The molecular formula is C22H16F2N2O. The van der Waals surface area contributed by atoms with Crippen molar-refractivity contribution in [2.75, 3.05) is 0 Å². The predicted octanol–water partition coefficient (Wildman–Crippen LogP) is 5.04. The van der Waals surface area contributed by atoms with Gasteiger partial charge in [0.1, 0.15) is 17.3 Å². The molecule has 4 rings (SSSR count). The van der Waals surface area contributed by atoms with Crippen molar-refractivity contribution in [2.24, 2.45) is 0 Å². The first-order valence-electron chi connectivity index (χ1n) is 8.50. The Hall–Kier alpha value is -3.47. The average molecular weight is 362 g/mol. The van der Waals surface area contributed by atoms with E-state index in [9.17, 15) is 13.6 Å². The van der Waals surface area contributed by atoms with Crippen molar-refractivity contribution in [1.82, 2.24) is 10.3 Å². The van der Waals surface area contributed by atoms with Crippen molar-refractivity contribution in [3.63, 3.8) is 0 Å². The summed E-state index contributed by atoms with van der Waals surface area (Å²) in [5, 5.41) is 3.36. The number of nitrogens with one attached hydrogen (secondary N) is 2. The zero-order valence-electron chi connectivity index (χ0n) is 14.3. The van der Waals surface area contributed by atoms with Gasteiger partial charge in [-0.15, -0.1) is 0 Å². The quantitative estimate of drug-likeness (QED) is 0.525. The molecule has 0 aliphatic carbocycles. The van der Waals surface area contributed by atoms with Gasteiger partial charge in [0.25, 0.3) is 5.91 Å². The first-order chi connectivity index (χ1) is 13.1. The highest BCUT2D eigenvalue weighted by Gasteiger charge is 2.14. The molecule has 3 aromatic carbocycles. The van der Waals surface area contributed by atoms with E-state index in [0.29, 0.717) is 27.7 Å². The topological polar surface area (TPSA) is 44.9 Å². The Bertz CT molecular complexity index is 1120. The first-order valence-corrected chi connectivity index (χ1v) is 8.50. The molecule has 0 spiro atoms. The SMILES string of the molecule is O=C(NCc1cccc(F)c1)c1cc2cc(F)cc(-c3ccccc3)c2[nH]1. The van der Waals surface area contributed by atoms with Crippen LogP contribution in [0.4, 0.5) is 8.78 Å². The summed E-state index contributed by atoms with van der Waals surface area (Å²) in [6.07, 6.45) is 0. The van der Waals surface area contributed by atoms with E-state index in [1.54, 1.807) is 18.2 Å². The lowest BCUT2D eigenvalue weighted by atomic mass is 10.0. The van der Waals surface area contributed by atoms with Crippen molar-refractivity contribution >= 4 is 16.8 Å². The highest BCUT2D eigenvalue weighted by Crippen LogP contribution is 2.30. The normalized spacial score (nSPS) is 10.9. The Morgan fingerprint density at radius 3 is 2.48 bits per heavy atom. The number of carbonyl (C=O) groups is 1. The number of H-pyrrole nitrogens is 1. The largest absolute Gasteiger partial charge is 0.350 e. The Labute approximate surface area is 154 Å². The maximum absolute atomic E-state index is 14.1. The highest BCUT2D eigenvalue weighted by molar-refractivity contribution is 6.02. The molecule has 2 N–H and O–H groups in total. The van der Waals surface area contributed by atoms with Crippen molar-refractivity contribution in [1.29, 1.82) is 0 Å². The number of hydrogen-bond acceptors (Lipinski definition) is 1. The van der Waals surface area contributed by atoms with Gasteiger partial charge in [-0.3, -0.25) is 4.79 Å². The number of carbonyl (C=O) groups excluding carboxylic acids is 1. The maximum atomic E-state index is 14.1. The smallest absolute Gasteiger partial charge is 0.267 e. The maximum Gasteiger partial charge on any atom is 0.267 e. The van der Waals surface area contributed by atoms with Gasteiger partial charge >= 0.3 is 0 Å². The molecule has 5 heteroatoms. The Balaban J connectivity index is 1.64.